The van der Waals surface area contributed by atoms with Crippen molar-refractivity contribution in [2.24, 2.45) is 0 Å². The summed E-state index contributed by atoms with van der Waals surface area (Å²) in [5, 5.41) is 4.97. The average molecular weight is 904 g/mol. The number of allylic oxidation sites excluding steroid dienone is 4. The molecule has 2 aromatic rings. The zero-order valence-electron chi connectivity index (χ0n) is 33.1. The summed E-state index contributed by atoms with van der Waals surface area (Å²) in [6.45, 7) is 7.83. The van der Waals surface area contributed by atoms with Crippen LogP contribution in [0.2, 0.25) is 0 Å². The van der Waals surface area contributed by atoms with Gasteiger partial charge < -0.3 is 15.5 Å². The molecule has 0 saturated heterocycles. The number of unbranched alkanes of at least 4 members (excludes halogenated alkanes) is 2. The van der Waals surface area contributed by atoms with Gasteiger partial charge in [-0.2, -0.15) is 38.2 Å². The molecule has 0 saturated carbocycles. The first kappa shape index (κ1) is 47.6. The summed E-state index contributed by atoms with van der Waals surface area (Å²) in [4.78, 5) is 28.0. The predicted octanol–water partition coefficient (Wildman–Crippen LogP) is 2.87. The molecule has 2 aliphatic rings. The van der Waals surface area contributed by atoms with Gasteiger partial charge in [-0.1, -0.05) is 19.9 Å². The minimum Gasteiger partial charge on any atom is -0.351 e. The van der Waals surface area contributed by atoms with Gasteiger partial charge in [0.1, 0.15) is 6.54 Å². The summed E-state index contributed by atoms with van der Waals surface area (Å²) in [7, 11) is -17.0. The minimum absolute atomic E-state index is 0.167. The van der Waals surface area contributed by atoms with E-state index in [1.807, 2.05) is 55.4 Å². The highest BCUT2D eigenvalue weighted by Gasteiger charge is 2.45. The monoisotopic (exact) mass is 903 g/mol. The molecule has 0 fully saturated rings. The van der Waals surface area contributed by atoms with Crippen LogP contribution in [-0.4, -0.2) is 123 Å². The number of hydrogen-bond acceptors (Lipinski definition) is 11. The molecule has 2 heterocycles. The second kappa shape index (κ2) is 18.3. The fraction of sp³-hybridized carbons (Fsp3) is 0.486. The summed E-state index contributed by atoms with van der Waals surface area (Å²) in [6, 6.07) is 9.97. The number of nitrogens with one attached hydrogen (secondary N) is 2. The quantitative estimate of drug-likeness (QED) is 0.0633. The molecule has 18 nitrogen and oxygen atoms in total. The number of carbonyl (C=O) groups excluding carboxylic acids is 2. The van der Waals surface area contributed by atoms with E-state index < -0.39 is 86.1 Å². The van der Waals surface area contributed by atoms with Gasteiger partial charge in [-0.3, -0.25) is 27.8 Å². The lowest BCUT2D eigenvalue weighted by molar-refractivity contribution is -0.438. The van der Waals surface area contributed by atoms with Gasteiger partial charge in [0.25, 0.3) is 52.3 Å². The van der Waals surface area contributed by atoms with Crippen LogP contribution in [0.15, 0.2) is 60.3 Å². The van der Waals surface area contributed by atoms with Crippen LogP contribution in [0, 0.1) is 0 Å². The molecule has 2 aromatic carbocycles. The van der Waals surface area contributed by atoms with Crippen LogP contribution in [0.4, 0.5) is 11.4 Å². The predicted molar refractivity (Wildman–Crippen MR) is 222 cm³/mol. The maximum Gasteiger partial charge on any atom is 0.266 e. The lowest BCUT2D eigenvalue weighted by Crippen LogP contribution is -2.30. The fourth-order valence-electron chi connectivity index (χ4n) is 7.25. The number of rotatable bonds is 20. The van der Waals surface area contributed by atoms with Crippen molar-refractivity contribution < 1.29 is 66.0 Å². The average Bonchev–Trinajstić information content (AvgIpc) is 3.44. The van der Waals surface area contributed by atoms with Gasteiger partial charge in [-0.15, -0.1) is 0 Å². The Morgan fingerprint density at radius 1 is 0.661 bits per heavy atom. The van der Waals surface area contributed by atoms with Gasteiger partial charge in [0, 0.05) is 71.7 Å². The maximum atomic E-state index is 13.0. The van der Waals surface area contributed by atoms with Crippen LogP contribution >= 0.6 is 0 Å². The highest BCUT2D eigenvalue weighted by molar-refractivity contribution is 7.86. The highest BCUT2D eigenvalue weighted by Crippen LogP contribution is 2.48. The van der Waals surface area contributed by atoms with Crippen LogP contribution in [0.1, 0.15) is 85.2 Å². The molecule has 0 aromatic heterocycles. The van der Waals surface area contributed by atoms with Crippen LogP contribution in [0.5, 0.6) is 0 Å². The SMILES string of the molecule is CC1(C)C(/C=C/C=C2/N(CCCCS(=O)(=O)O)c3ccc(C(=O)NCCS(=O)(=O)O)cc3C2(C)C)=[N+](CCCCS(=O)(=O)O)c2ccc(C(=O)NCCS(=O)(=O)O)cc21. The van der Waals surface area contributed by atoms with Gasteiger partial charge >= 0.3 is 0 Å². The van der Waals surface area contributed by atoms with Crippen LogP contribution in [0.25, 0.3) is 0 Å². The molecule has 22 heteroatoms. The fourth-order valence-corrected chi connectivity index (χ4v) is 9.10. The molecule has 0 bridgehead atoms. The molecule has 2 aliphatic heterocycles. The Bertz CT molecular complexity index is 2510. The van der Waals surface area contributed by atoms with Crippen LogP contribution in [0.3, 0.4) is 0 Å². The van der Waals surface area contributed by atoms with Crippen molar-refractivity contribution in [3.63, 3.8) is 0 Å². The van der Waals surface area contributed by atoms with Gasteiger partial charge in [0.05, 0.1) is 28.4 Å². The molecule has 6 N–H and O–H groups in total. The van der Waals surface area contributed by atoms with Crippen LogP contribution < -0.4 is 15.5 Å². The van der Waals surface area contributed by atoms with E-state index in [2.05, 4.69) is 10.6 Å². The van der Waals surface area contributed by atoms with E-state index in [-0.39, 0.29) is 37.1 Å². The second-order valence-electron chi connectivity index (χ2n) is 15.4. The maximum absolute atomic E-state index is 13.0. The minimum atomic E-state index is -4.30. The van der Waals surface area contributed by atoms with Crippen molar-refractivity contribution in [3.05, 3.63) is 82.6 Å². The van der Waals surface area contributed by atoms with E-state index in [1.54, 1.807) is 36.4 Å². The number of amides is 2. The van der Waals surface area contributed by atoms with Gasteiger partial charge in [-0.05, 0) is 75.1 Å². The smallest absolute Gasteiger partial charge is 0.266 e. The van der Waals surface area contributed by atoms with E-state index in [9.17, 15) is 52.4 Å². The number of carbonyl (C=O) groups is 2. The Balaban J connectivity index is 1.73. The van der Waals surface area contributed by atoms with E-state index in [4.69, 9.17) is 9.11 Å². The first-order valence-corrected chi connectivity index (χ1v) is 25.0. The summed E-state index contributed by atoms with van der Waals surface area (Å²) < 4.78 is 129. The Kier molecular flexibility index (Phi) is 14.8. The molecule has 0 unspecified atom stereocenters. The van der Waals surface area contributed by atoms with Crippen molar-refractivity contribution in [2.45, 2.75) is 64.2 Å². The first-order chi connectivity index (χ1) is 27.1. The van der Waals surface area contributed by atoms with Gasteiger partial charge in [0.15, 0.2) is 5.71 Å². The van der Waals surface area contributed by atoms with Gasteiger partial charge in [-0.25, -0.2) is 0 Å². The largest absolute Gasteiger partial charge is 0.351 e. The molecular weight excluding hydrogens is 853 g/mol. The molecule has 0 radical (unpaired) electrons. The molecule has 0 aliphatic carbocycles. The normalized spacial score (nSPS) is 17.1. The van der Waals surface area contributed by atoms with E-state index in [0.29, 0.717) is 25.9 Å². The summed E-state index contributed by atoms with van der Waals surface area (Å²) in [5.74, 6) is -3.30. The van der Waals surface area contributed by atoms with Crippen molar-refractivity contribution in [1.29, 1.82) is 0 Å². The summed E-state index contributed by atoms with van der Waals surface area (Å²) >= 11 is 0. The Morgan fingerprint density at radius 3 is 1.68 bits per heavy atom. The van der Waals surface area contributed by atoms with E-state index in [1.165, 1.54) is 0 Å². The first-order valence-electron chi connectivity index (χ1n) is 18.6. The summed E-state index contributed by atoms with van der Waals surface area (Å²) in [5.41, 5.74) is 3.53. The van der Waals surface area contributed by atoms with Crippen molar-refractivity contribution >= 4 is 69.4 Å². The second-order valence-corrected chi connectivity index (χ2v) is 21.7. The lowest BCUT2D eigenvalue weighted by atomic mass is 9.80. The number of fused-ring (bicyclic) bond motifs is 2. The zero-order chi connectivity index (χ0) is 44.2. The molecule has 0 atom stereocenters. The van der Waals surface area contributed by atoms with Crippen molar-refractivity contribution in [1.82, 2.24) is 10.6 Å². The summed E-state index contributed by atoms with van der Waals surface area (Å²) in [6.07, 6.45) is 6.67. The van der Waals surface area contributed by atoms with E-state index >= 15 is 0 Å². The Hall–Kier alpha value is -4.03. The number of benzene rings is 2. The third-order valence-electron chi connectivity index (χ3n) is 10.2. The Morgan fingerprint density at radius 2 is 1.15 bits per heavy atom. The molecule has 326 valence electrons. The van der Waals surface area contributed by atoms with Crippen LogP contribution in [-0.2, 0) is 51.3 Å². The third-order valence-corrected chi connectivity index (χ3v) is 13.2. The highest BCUT2D eigenvalue weighted by atomic mass is 32.2. The molecular formula is C37H51N4O14S4+. The molecule has 0 spiro atoms. The Labute approximate surface area is 345 Å². The number of nitrogens with zero attached hydrogens (tertiary/aromatic N) is 2. The number of hydrogen-bond donors (Lipinski definition) is 6. The standard InChI is InChI=1S/C37H50N4O14S4/c1-36(2)28-24-26(34(42)38-16-22-58(50,51)52)12-14-30(28)40(18-5-7-20-56(44,45)46)32(36)10-9-11-33-37(3,4)29-25-27(35(43)39-17-23-59(53,54)55)13-15-31(29)41(33)19-6-8-21-57(47,48)49/h9-15,24-25H,5-8,16-23H2,1-4H3,(H5-,38,39,42,43,44,45,46,47,48,49,50,51,52,53,54,55)/p+1. The molecule has 4 rings (SSSR count). The third kappa shape index (κ3) is 13.0. The molecule has 2 amide bonds. The van der Waals surface area contributed by atoms with E-state index in [0.717, 1.165) is 33.9 Å². The topological polar surface area (TPSA) is 282 Å². The number of anilines is 1. The molecule has 59 heavy (non-hydrogen) atoms. The van der Waals surface area contributed by atoms with Crippen molar-refractivity contribution in [2.75, 3.05) is 54.1 Å². The van der Waals surface area contributed by atoms with Gasteiger partial charge in [0.2, 0.25) is 5.69 Å². The van der Waals surface area contributed by atoms with Crippen molar-refractivity contribution in [3.8, 4) is 0 Å². The lowest BCUT2D eigenvalue weighted by Gasteiger charge is -2.27. The zero-order valence-corrected chi connectivity index (χ0v) is 36.3.